The zero-order valence-corrected chi connectivity index (χ0v) is 12.0. The zero-order valence-electron chi connectivity index (χ0n) is 12.0. The lowest BCUT2D eigenvalue weighted by atomic mass is 10.3. The van der Waals surface area contributed by atoms with Gasteiger partial charge in [-0.3, -0.25) is 0 Å². The Hall–Kier alpha value is -3.08. The number of methoxy groups -OCH3 is 1. The van der Waals surface area contributed by atoms with E-state index in [0.29, 0.717) is 0 Å². The van der Waals surface area contributed by atoms with Crippen LogP contribution < -0.4 is 16.0 Å². The monoisotopic (exact) mass is 300 g/mol. The van der Waals surface area contributed by atoms with Crippen LogP contribution in [0.25, 0.3) is 0 Å². The number of ether oxygens (including phenoxy) is 1. The minimum absolute atomic E-state index is 0.303. The molecule has 0 atom stereocenters. The largest absolute Gasteiger partial charge is 0.497 e. The number of hydrogen-bond acceptors (Lipinski definition) is 5. The van der Waals surface area contributed by atoms with Crippen LogP contribution in [0, 0.1) is 0 Å². The molecule has 0 amide bonds. The van der Waals surface area contributed by atoms with E-state index in [4.69, 9.17) is 4.74 Å². The fourth-order valence-electron chi connectivity index (χ4n) is 1.21. The van der Waals surface area contributed by atoms with Gasteiger partial charge in [0.25, 0.3) is 0 Å². The van der Waals surface area contributed by atoms with Gasteiger partial charge >= 0.3 is 11.3 Å². The lowest BCUT2D eigenvalue weighted by molar-refractivity contribution is 0.415. The fraction of sp³-hybridized carbons (Fsp3) is 0.0588. The summed E-state index contributed by atoms with van der Waals surface area (Å²) in [5, 5.41) is 0. The molecule has 3 aromatic rings. The molecule has 2 aromatic heterocycles. The Balaban J connectivity index is 0.000000166. The Kier molecular flexibility index (Phi) is 8.24. The number of benzene rings is 1. The smallest absolute Gasteiger partial charge is 0.335 e. The highest BCUT2D eigenvalue weighted by Crippen LogP contribution is 2.05. The molecular weight excluding hydrogens is 284 g/mol. The van der Waals surface area contributed by atoms with Crippen LogP contribution in [0.3, 0.4) is 0 Å². The Morgan fingerprint density at radius 1 is 0.682 bits per heavy atom. The predicted molar refractivity (Wildman–Crippen MR) is 83.0 cm³/mol. The van der Waals surface area contributed by atoms with Gasteiger partial charge in [-0.1, -0.05) is 30.3 Å². The first-order valence-corrected chi connectivity index (χ1v) is 6.39. The molecule has 114 valence electrons. The normalized spacial score (nSPS) is 8.59. The van der Waals surface area contributed by atoms with Crippen molar-refractivity contribution in [3.05, 3.63) is 100 Å². The molecule has 0 unspecified atom stereocenters. The van der Waals surface area contributed by atoms with Crippen molar-refractivity contribution < 1.29 is 13.6 Å². The van der Waals surface area contributed by atoms with Crippen LogP contribution >= 0.6 is 0 Å². The molecule has 0 spiro atoms. The first-order chi connectivity index (χ1) is 10.7. The van der Waals surface area contributed by atoms with Crippen LogP contribution in [0.15, 0.2) is 97.7 Å². The summed E-state index contributed by atoms with van der Waals surface area (Å²) >= 11 is 0. The van der Waals surface area contributed by atoms with E-state index in [1.54, 1.807) is 31.4 Å². The van der Waals surface area contributed by atoms with E-state index in [1.807, 2.05) is 30.3 Å². The molecule has 22 heavy (non-hydrogen) atoms. The Morgan fingerprint density at radius 2 is 1.14 bits per heavy atom. The summed E-state index contributed by atoms with van der Waals surface area (Å²) in [5.74, 6) is 0.910. The van der Waals surface area contributed by atoms with Crippen LogP contribution in [-0.2, 0) is 0 Å². The van der Waals surface area contributed by atoms with Gasteiger partial charge in [-0.05, 0) is 24.3 Å². The fourth-order valence-corrected chi connectivity index (χ4v) is 1.21. The molecule has 0 aliphatic carbocycles. The summed E-state index contributed by atoms with van der Waals surface area (Å²) in [6.45, 7) is 0. The quantitative estimate of drug-likeness (QED) is 0.691. The Morgan fingerprint density at radius 3 is 1.36 bits per heavy atom. The van der Waals surface area contributed by atoms with Crippen molar-refractivity contribution in [3.63, 3.8) is 0 Å². The minimum Gasteiger partial charge on any atom is -0.497 e. The van der Waals surface area contributed by atoms with E-state index in [2.05, 4.69) is 8.83 Å². The van der Waals surface area contributed by atoms with Gasteiger partial charge in [0.15, 0.2) is 0 Å². The van der Waals surface area contributed by atoms with Crippen molar-refractivity contribution in [2.75, 3.05) is 7.11 Å². The average molecular weight is 300 g/mol. The lowest BCUT2D eigenvalue weighted by Crippen LogP contribution is -1.90. The summed E-state index contributed by atoms with van der Waals surface area (Å²) in [6, 6.07) is 19.0. The summed E-state index contributed by atoms with van der Waals surface area (Å²) in [4.78, 5) is 20.2. The van der Waals surface area contributed by atoms with Crippen LogP contribution in [0.5, 0.6) is 5.75 Å². The first-order valence-electron chi connectivity index (χ1n) is 6.39. The zero-order chi connectivity index (χ0) is 16.0. The maximum Gasteiger partial charge on any atom is 0.335 e. The van der Waals surface area contributed by atoms with E-state index in [0.717, 1.165) is 5.75 Å². The number of rotatable bonds is 1. The van der Waals surface area contributed by atoms with Crippen LogP contribution in [0.4, 0.5) is 0 Å². The maximum absolute atomic E-state index is 10.1. The number of para-hydroxylation sites is 1. The second-order valence-electron chi connectivity index (χ2n) is 3.77. The van der Waals surface area contributed by atoms with Crippen LogP contribution in [0.2, 0.25) is 0 Å². The van der Waals surface area contributed by atoms with E-state index in [9.17, 15) is 9.59 Å². The van der Waals surface area contributed by atoms with E-state index >= 15 is 0 Å². The van der Waals surface area contributed by atoms with Gasteiger partial charge in [-0.25, -0.2) is 9.59 Å². The van der Waals surface area contributed by atoms with Crippen molar-refractivity contribution in [1.82, 2.24) is 0 Å². The van der Waals surface area contributed by atoms with Gasteiger partial charge in [0.1, 0.15) is 5.75 Å². The Bertz CT molecular complexity index is 651. The summed E-state index contributed by atoms with van der Waals surface area (Å²) in [6.07, 6.45) is 2.70. The topological polar surface area (TPSA) is 69.7 Å². The Labute approximate surface area is 127 Å². The summed E-state index contributed by atoms with van der Waals surface area (Å²) in [5.41, 5.74) is -0.606. The summed E-state index contributed by atoms with van der Waals surface area (Å²) in [7, 11) is 1.66. The van der Waals surface area contributed by atoms with Crippen LogP contribution in [-0.4, -0.2) is 7.11 Å². The predicted octanol–water partition coefficient (Wildman–Crippen LogP) is 2.97. The highest BCUT2D eigenvalue weighted by atomic mass is 16.5. The molecule has 0 saturated heterocycles. The highest BCUT2D eigenvalue weighted by Gasteiger charge is 1.80. The summed E-state index contributed by atoms with van der Waals surface area (Å²) < 4.78 is 13.7. The molecule has 0 radical (unpaired) electrons. The first kappa shape index (κ1) is 17.0. The van der Waals surface area contributed by atoms with Gasteiger partial charge in [-0.2, -0.15) is 0 Å². The molecule has 5 nitrogen and oxygen atoms in total. The van der Waals surface area contributed by atoms with Gasteiger partial charge in [0.2, 0.25) is 0 Å². The third-order valence-electron chi connectivity index (χ3n) is 2.19. The second-order valence-corrected chi connectivity index (χ2v) is 3.77. The lowest BCUT2D eigenvalue weighted by Gasteiger charge is -1.93. The molecule has 0 N–H and O–H groups in total. The third kappa shape index (κ3) is 8.16. The third-order valence-corrected chi connectivity index (χ3v) is 2.19. The van der Waals surface area contributed by atoms with Gasteiger partial charge < -0.3 is 13.6 Å². The van der Waals surface area contributed by atoms with E-state index < -0.39 is 0 Å². The molecule has 1 aromatic carbocycles. The van der Waals surface area contributed by atoms with Gasteiger partial charge in [0.05, 0.1) is 19.6 Å². The molecule has 0 aliphatic heterocycles. The van der Waals surface area contributed by atoms with Crippen molar-refractivity contribution in [2.45, 2.75) is 0 Å². The van der Waals surface area contributed by atoms with E-state index in [1.165, 1.54) is 24.7 Å². The molecule has 2 heterocycles. The maximum atomic E-state index is 10.1. The number of hydrogen-bond donors (Lipinski definition) is 0. The minimum atomic E-state index is -0.303. The van der Waals surface area contributed by atoms with Crippen molar-refractivity contribution in [1.29, 1.82) is 0 Å². The highest BCUT2D eigenvalue weighted by molar-refractivity contribution is 5.20. The molecular formula is C17H16O5. The molecule has 5 heteroatoms. The van der Waals surface area contributed by atoms with Gasteiger partial charge in [-0.15, -0.1) is 0 Å². The van der Waals surface area contributed by atoms with E-state index in [-0.39, 0.29) is 11.3 Å². The average Bonchev–Trinajstić information content (AvgIpc) is 2.58. The second kappa shape index (κ2) is 10.7. The molecule has 0 saturated carbocycles. The molecule has 0 fully saturated rings. The standard InChI is InChI=1S/C7H8O.2C5H4O2/c1-8-7-5-3-2-4-6-7;2*6-5-3-1-2-4-7-5/h2-6H,1H3;2*1-4H. The molecule has 0 aliphatic rings. The van der Waals surface area contributed by atoms with Crippen molar-refractivity contribution in [3.8, 4) is 5.75 Å². The van der Waals surface area contributed by atoms with Crippen molar-refractivity contribution >= 4 is 0 Å². The molecule has 3 rings (SSSR count). The van der Waals surface area contributed by atoms with Crippen LogP contribution in [0.1, 0.15) is 0 Å². The SMILES string of the molecule is COc1ccccc1.O=c1cccco1.O=c1cccco1. The van der Waals surface area contributed by atoms with Gasteiger partial charge in [0, 0.05) is 12.1 Å². The van der Waals surface area contributed by atoms with Crippen molar-refractivity contribution in [2.24, 2.45) is 0 Å². The molecule has 0 bridgehead atoms.